The van der Waals surface area contributed by atoms with Crippen molar-refractivity contribution in [2.45, 2.75) is 32.4 Å². The Balaban J connectivity index is 2.20. The van der Waals surface area contributed by atoms with E-state index in [9.17, 15) is 0 Å². The zero-order chi connectivity index (χ0) is 15.4. The molecule has 1 heterocycles. The van der Waals surface area contributed by atoms with Gasteiger partial charge in [-0.15, -0.1) is 0 Å². The Bertz CT molecular complexity index is 482. The second-order valence-corrected chi connectivity index (χ2v) is 6.61. The molecule has 1 aliphatic rings. The van der Waals surface area contributed by atoms with Crippen LogP contribution in [0.2, 0.25) is 0 Å². The van der Waals surface area contributed by atoms with Crippen LogP contribution >= 0.6 is 15.9 Å². The minimum atomic E-state index is 0.576. The number of piperidine rings is 1. The fraction of sp³-hybridized carbons (Fsp3) is 0.625. The van der Waals surface area contributed by atoms with Crippen molar-refractivity contribution in [1.29, 1.82) is 0 Å². The predicted molar refractivity (Wildman–Crippen MR) is 88.9 cm³/mol. The third kappa shape index (κ3) is 3.90. The normalized spacial score (nSPS) is 23.1. The molecule has 1 aromatic carbocycles. The summed E-state index contributed by atoms with van der Waals surface area (Å²) in [6.07, 6.45) is 2.44. The molecule has 0 bridgehead atoms. The molecule has 0 amide bonds. The van der Waals surface area contributed by atoms with Crippen LogP contribution in [0.4, 0.5) is 0 Å². The maximum Gasteiger partial charge on any atom is 0.133 e. The second-order valence-electron chi connectivity index (χ2n) is 5.76. The van der Waals surface area contributed by atoms with Crippen LogP contribution in [0, 0.1) is 5.92 Å². The van der Waals surface area contributed by atoms with Crippen molar-refractivity contribution < 1.29 is 9.47 Å². The minimum absolute atomic E-state index is 0.576. The van der Waals surface area contributed by atoms with Crippen LogP contribution in [0.5, 0.6) is 11.5 Å². The first-order valence-corrected chi connectivity index (χ1v) is 8.22. The summed E-state index contributed by atoms with van der Waals surface area (Å²) in [7, 11) is 3.39. The zero-order valence-electron chi connectivity index (χ0n) is 13.1. The van der Waals surface area contributed by atoms with Crippen LogP contribution in [0.15, 0.2) is 16.6 Å². The molecule has 2 unspecified atom stereocenters. The van der Waals surface area contributed by atoms with Crippen molar-refractivity contribution in [2.24, 2.45) is 11.7 Å². The summed E-state index contributed by atoms with van der Waals surface area (Å²) in [5.41, 5.74) is 7.00. The number of nitrogens with zero attached hydrogens (tertiary/aromatic N) is 1. The summed E-state index contributed by atoms with van der Waals surface area (Å²) in [6, 6.07) is 4.61. The predicted octanol–water partition coefficient (Wildman–Crippen LogP) is 3.03. The van der Waals surface area contributed by atoms with Gasteiger partial charge >= 0.3 is 0 Å². The maximum atomic E-state index is 5.85. The number of benzene rings is 1. The van der Waals surface area contributed by atoms with Gasteiger partial charge in [-0.05, 0) is 60.3 Å². The van der Waals surface area contributed by atoms with Crippen molar-refractivity contribution >= 4 is 15.9 Å². The summed E-state index contributed by atoms with van der Waals surface area (Å²) in [5, 5.41) is 0. The van der Waals surface area contributed by atoms with E-state index in [-0.39, 0.29) is 0 Å². The van der Waals surface area contributed by atoms with Crippen molar-refractivity contribution in [3.05, 3.63) is 22.2 Å². The summed E-state index contributed by atoms with van der Waals surface area (Å²) in [5.74, 6) is 2.33. The van der Waals surface area contributed by atoms with E-state index in [2.05, 4.69) is 33.8 Å². The molecule has 5 heteroatoms. The highest BCUT2D eigenvalue weighted by Gasteiger charge is 2.25. The molecule has 0 spiro atoms. The SMILES string of the molecule is COc1cc(CN2CC(CN)CCC2C)c(OC)cc1Br. The van der Waals surface area contributed by atoms with E-state index in [0.717, 1.165) is 41.2 Å². The van der Waals surface area contributed by atoms with Crippen LogP contribution in [-0.4, -0.2) is 38.3 Å². The lowest BCUT2D eigenvalue weighted by molar-refractivity contribution is 0.112. The summed E-state index contributed by atoms with van der Waals surface area (Å²) in [4.78, 5) is 2.49. The summed E-state index contributed by atoms with van der Waals surface area (Å²) >= 11 is 3.50. The van der Waals surface area contributed by atoms with Crippen LogP contribution in [0.3, 0.4) is 0 Å². The highest BCUT2D eigenvalue weighted by Crippen LogP contribution is 2.34. The third-order valence-corrected chi connectivity index (χ3v) is 4.99. The molecule has 4 nitrogen and oxygen atoms in total. The lowest BCUT2D eigenvalue weighted by Crippen LogP contribution is -2.43. The summed E-state index contributed by atoms with van der Waals surface area (Å²) < 4.78 is 11.8. The number of ether oxygens (including phenoxy) is 2. The molecule has 0 saturated carbocycles. The first-order valence-electron chi connectivity index (χ1n) is 7.43. The van der Waals surface area contributed by atoms with E-state index < -0.39 is 0 Å². The molecular formula is C16H25BrN2O2. The number of methoxy groups -OCH3 is 2. The Morgan fingerprint density at radius 2 is 1.95 bits per heavy atom. The second kappa shape index (κ2) is 7.47. The van der Waals surface area contributed by atoms with Gasteiger partial charge in [-0.25, -0.2) is 0 Å². The van der Waals surface area contributed by atoms with Gasteiger partial charge in [-0.2, -0.15) is 0 Å². The lowest BCUT2D eigenvalue weighted by Gasteiger charge is -2.38. The average molecular weight is 357 g/mol. The van der Waals surface area contributed by atoms with Crippen molar-refractivity contribution in [2.75, 3.05) is 27.3 Å². The minimum Gasteiger partial charge on any atom is -0.496 e. The molecule has 0 radical (unpaired) electrons. The number of hydrogen-bond acceptors (Lipinski definition) is 4. The fourth-order valence-corrected chi connectivity index (χ4v) is 3.43. The van der Waals surface area contributed by atoms with E-state index in [4.69, 9.17) is 15.2 Å². The molecule has 2 atom stereocenters. The molecule has 0 aliphatic carbocycles. The average Bonchev–Trinajstić information content (AvgIpc) is 2.50. The molecule has 1 saturated heterocycles. The van der Waals surface area contributed by atoms with E-state index in [1.807, 2.05) is 6.07 Å². The smallest absolute Gasteiger partial charge is 0.133 e. The van der Waals surface area contributed by atoms with Crippen molar-refractivity contribution in [1.82, 2.24) is 4.90 Å². The van der Waals surface area contributed by atoms with Crippen molar-refractivity contribution in [3.63, 3.8) is 0 Å². The first-order chi connectivity index (χ1) is 10.1. The zero-order valence-corrected chi connectivity index (χ0v) is 14.6. The number of likely N-dealkylation sites (tertiary alicyclic amines) is 1. The highest BCUT2D eigenvalue weighted by atomic mass is 79.9. The van der Waals surface area contributed by atoms with Gasteiger partial charge < -0.3 is 15.2 Å². The molecule has 2 N–H and O–H groups in total. The molecule has 21 heavy (non-hydrogen) atoms. The van der Waals surface area contributed by atoms with Gasteiger partial charge in [-0.3, -0.25) is 4.90 Å². The van der Waals surface area contributed by atoms with E-state index in [0.29, 0.717) is 12.0 Å². The number of halogens is 1. The number of rotatable bonds is 5. The highest BCUT2D eigenvalue weighted by molar-refractivity contribution is 9.10. The van der Waals surface area contributed by atoms with Crippen LogP contribution in [0.25, 0.3) is 0 Å². The Hall–Kier alpha value is -0.780. The van der Waals surface area contributed by atoms with Gasteiger partial charge in [-0.1, -0.05) is 0 Å². The standard InChI is InChI=1S/C16H25BrN2O2/c1-11-4-5-12(8-18)9-19(11)10-13-6-16(21-3)14(17)7-15(13)20-2/h6-7,11-12H,4-5,8-10,18H2,1-3H3. The number of nitrogens with two attached hydrogens (primary N) is 1. The van der Waals surface area contributed by atoms with Gasteiger partial charge in [0.05, 0.1) is 18.7 Å². The Labute approximate surface area is 135 Å². The van der Waals surface area contributed by atoms with Crippen molar-refractivity contribution in [3.8, 4) is 11.5 Å². The Kier molecular flexibility index (Phi) is 5.90. The Morgan fingerprint density at radius 1 is 1.24 bits per heavy atom. The first kappa shape index (κ1) is 16.6. The largest absolute Gasteiger partial charge is 0.496 e. The fourth-order valence-electron chi connectivity index (χ4n) is 2.94. The van der Waals surface area contributed by atoms with Gasteiger partial charge in [0.25, 0.3) is 0 Å². The van der Waals surface area contributed by atoms with Gasteiger partial charge in [0.1, 0.15) is 11.5 Å². The van der Waals surface area contributed by atoms with E-state index in [1.165, 1.54) is 12.8 Å². The van der Waals surface area contributed by atoms with Gasteiger partial charge in [0, 0.05) is 24.7 Å². The van der Waals surface area contributed by atoms with E-state index in [1.54, 1.807) is 14.2 Å². The van der Waals surface area contributed by atoms with Gasteiger partial charge in [0.2, 0.25) is 0 Å². The third-order valence-electron chi connectivity index (χ3n) is 4.37. The molecule has 1 aliphatic heterocycles. The molecular weight excluding hydrogens is 332 g/mol. The van der Waals surface area contributed by atoms with Crippen LogP contribution < -0.4 is 15.2 Å². The van der Waals surface area contributed by atoms with Gasteiger partial charge in [0.15, 0.2) is 0 Å². The molecule has 2 rings (SSSR count). The van der Waals surface area contributed by atoms with Crippen LogP contribution in [0.1, 0.15) is 25.3 Å². The molecule has 118 valence electrons. The lowest BCUT2D eigenvalue weighted by atomic mass is 9.93. The van der Waals surface area contributed by atoms with E-state index >= 15 is 0 Å². The number of hydrogen-bond donors (Lipinski definition) is 1. The summed E-state index contributed by atoms with van der Waals surface area (Å²) in [6.45, 7) is 4.98. The molecule has 1 fully saturated rings. The topological polar surface area (TPSA) is 47.7 Å². The maximum absolute atomic E-state index is 5.85. The molecule has 0 aromatic heterocycles. The monoisotopic (exact) mass is 356 g/mol. The van der Waals surface area contributed by atoms with Crippen LogP contribution in [-0.2, 0) is 6.54 Å². The Morgan fingerprint density at radius 3 is 2.57 bits per heavy atom. The molecule has 1 aromatic rings. The quantitative estimate of drug-likeness (QED) is 0.880.